The molecular formula is C25H24N2O3S. The van der Waals surface area contributed by atoms with E-state index in [4.69, 9.17) is 14.5 Å². The molecule has 4 rings (SSSR count). The number of aryl methyl sites for hydroxylation is 2. The molecular weight excluding hydrogens is 408 g/mol. The number of carbonyl (C=O) groups is 1. The molecule has 0 N–H and O–H groups in total. The first-order valence-electron chi connectivity index (χ1n) is 10.1. The third-order valence-corrected chi connectivity index (χ3v) is 6.42. The average molecular weight is 433 g/mol. The first-order chi connectivity index (χ1) is 15.1. The maximum atomic E-state index is 12.6. The molecule has 2 heterocycles. The van der Waals surface area contributed by atoms with E-state index in [9.17, 15) is 4.79 Å². The largest absolute Gasteiger partial charge is 0.493 e. The van der Waals surface area contributed by atoms with Crippen molar-refractivity contribution in [2.75, 3.05) is 14.2 Å². The van der Waals surface area contributed by atoms with Gasteiger partial charge in [-0.2, -0.15) is 0 Å². The highest BCUT2D eigenvalue weighted by Crippen LogP contribution is 2.34. The number of carbonyl (C=O) groups excluding carboxylic acids is 1. The second-order valence-corrected chi connectivity index (χ2v) is 8.19. The standard InChI is InChI=1S/C25H24N2O3S/c1-16-6-4-7-18-19(15-31-25(16)18)20-12-13-26-24(27-20)9-5-8-21(28)17-10-11-22(29-2)23(14-17)30-3/h4,6-7,10-15H,5,8-9H2,1-3H3. The number of nitrogens with zero attached hydrogens (tertiary/aromatic N) is 2. The Labute approximate surface area is 185 Å². The predicted molar refractivity (Wildman–Crippen MR) is 124 cm³/mol. The van der Waals surface area contributed by atoms with Gasteiger partial charge < -0.3 is 9.47 Å². The van der Waals surface area contributed by atoms with Crippen LogP contribution in [-0.2, 0) is 6.42 Å². The first-order valence-corrected chi connectivity index (χ1v) is 11.0. The molecule has 0 aliphatic heterocycles. The van der Waals surface area contributed by atoms with Gasteiger partial charge in [-0.25, -0.2) is 9.97 Å². The van der Waals surface area contributed by atoms with Gasteiger partial charge in [0.15, 0.2) is 17.3 Å². The number of thiophene rings is 1. The molecule has 0 saturated carbocycles. The first kappa shape index (κ1) is 21.0. The van der Waals surface area contributed by atoms with Crippen LogP contribution in [0, 0.1) is 6.92 Å². The maximum absolute atomic E-state index is 12.6. The van der Waals surface area contributed by atoms with Crippen molar-refractivity contribution in [2.24, 2.45) is 0 Å². The van der Waals surface area contributed by atoms with Gasteiger partial charge in [-0.3, -0.25) is 4.79 Å². The van der Waals surface area contributed by atoms with E-state index in [0.717, 1.165) is 17.1 Å². The van der Waals surface area contributed by atoms with E-state index in [0.29, 0.717) is 36.3 Å². The Balaban J connectivity index is 1.44. The van der Waals surface area contributed by atoms with Crippen LogP contribution in [0.3, 0.4) is 0 Å². The van der Waals surface area contributed by atoms with Gasteiger partial charge in [-0.15, -0.1) is 11.3 Å². The molecule has 2 aromatic carbocycles. The zero-order valence-corrected chi connectivity index (χ0v) is 18.7. The molecule has 0 spiro atoms. The van der Waals surface area contributed by atoms with Crippen LogP contribution in [-0.4, -0.2) is 30.0 Å². The molecule has 0 saturated heterocycles. The number of ether oxygens (including phenoxy) is 2. The smallest absolute Gasteiger partial charge is 0.163 e. The zero-order valence-electron chi connectivity index (χ0n) is 17.8. The lowest BCUT2D eigenvalue weighted by molar-refractivity contribution is 0.0979. The molecule has 5 nitrogen and oxygen atoms in total. The third kappa shape index (κ3) is 4.44. The van der Waals surface area contributed by atoms with E-state index in [2.05, 4.69) is 35.5 Å². The zero-order chi connectivity index (χ0) is 21.8. The van der Waals surface area contributed by atoms with Crippen LogP contribution in [0.2, 0.25) is 0 Å². The van der Waals surface area contributed by atoms with Gasteiger partial charge >= 0.3 is 0 Å². The van der Waals surface area contributed by atoms with Gasteiger partial charge in [-0.1, -0.05) is 18.2 Å². The van der Waals surface area contributed by atoms with Crippen LogP contribution in [0.1, 0.15) is 34.6 Å². The van der Waals surface area contributed by atoms with Crippen molar-refractivity contribution in [3.05, 3.63) is 71.0 Å². The Morgan fingerprint density at radius 2 is 1.90 bits per heavy atom. The minimum atomic E-state index is 0.0661. The van der Waals surface area contributed by atoms with Gasteiger partial charge in [0, 0.05) is 45.6 Å². The average Bonchev–Trinajstić information content (AvgIpc) is 3.24. The second-order valence-electron chi connectivity index (χ2n) is 7.31. The van der Waals surface area contributed by atoms with Crippen molar-refractivity contribution < 1.29 is 14.3 Å². The van der Waals surface area contributed by atoms with Gasteiger partial charge in [0.1, 0.15) is 5.82 Å². The molecule has 31 heavy (non-hydrogen) atoms. The maximum Gasteiger partial charge on any atom is 0.163 e. The van der Waals surface area contributed by atoms with Crippen LogP contribution >= 0.6 is 11.3 Å². The number of benzene rings is 2. The van der Waals surface area contributed by atoms with Crippen LogP contribution in [0.5, 0.6) is 11.5 Å². The molecule has 0 fully saturated rings. The molecule has 0 amide bonds. The third-order valence-electron chi connectivity index (χ3n) is 5.29. The summed E-state index contributed by atoms with van der Waals surface area (Å²) >= 11 is 1.74. The molecule has 6 heteroatoms. The Morgan fingerprint density at radius 3 is 2.71 bits per heavy atom. The number of methoxy groups -OCH3 is 2. The van der Waals surface area contributed by atoms with Crippen LogP contribution in [0.25, 0.3) is 21.3 Å². The van der Waals surface area contributed by atoms with Crippen molar-refractivity contribution in [3.63, 3.8) is 0 Å². The monoisotopic (exact) mass is 432 g/mol. The quantitative estimate of drug-likeness (QED) is 0.325. The fraction of sp³-hybridized carbons (Fsp3) is 0.240. The molecule has 0 aliphatic carbocycles. The Kier molecular flexibility index (Phi) is 6.28. The van der Waals surface area contributed by atoms with Crippen molar-refractivity contribution in [1.82, 2.24) is 9.97 Å². The fourth-order valence-corrected chi connectivity index (χ4v) is 4.67. The Bertz CT molecular complexity index is 1230. The van der Waals surface area contributed by atoms with Crippen LogP contribution < -0.4 is 9.47 Å². The molecule has 0 atom stereocenters. The summed E-state index contributed by atoms with van der Waals surface area (Å²) < 4.78 is 11.8. The summed E-state index contributed by atoms with van der Waals surface area (Å²) in [5.41, 5.74) is 3.95. The van der Waals surface area contributed by atoms with Crippen LogP contribution in [0.4, 0.5) is 0 Å². The van der Waals surface area contributed by atoms with E-state index in [1.165, 1.54) is 15.6 Å². The highest BCUT2D eigenvalue weighted by atomic mass is 32.1. The van der Waals surface area contributed by atoms with Crippen LogP contribution in [0.15, 0.2) is 54.0 Å². The topological polar surface area (TPSA) is 61.3 Å². The minimum Gasteiger partial charge on any atom is -0.493 e. The summed E-state index contributed by atoms with van der Waals surface area (Å²) in [5, 5.41) is 3.38. The molecule has 0 radical (unpaired) electrons. The lowest BCUT2D eigenvalue weighted by atomic mass is 10.0. The van der Waals surface area contributed by atoms with E-state index in [1.807, 2.05) is 6.07 Å². The SMILES string of the molecule is COc1ccc(C(=O)CCCc2nccc(-c3csc4c(C)cccc34)n2)cc1OC. The minimum absolute atomic E-state index is 0.0661. The second kappa shape index (κ2) is 9.27. The Morgan fingerprint density at radius 1 is 1.06 bits per heavy atom. The summed E-state index contributed by atoms with van der Waals surface area (Å²) in [6.45, 7) is 2.13. The van der Waals surface area contributed by atoms with E-state index in [1.54, 1.807) is 50.0 Å². The number of hydrogen-bond donors (Lipinski definition) is 0. The summed E-state index contributed by atoms with van der Waals surface area (Å²) in [6.07, 6.45) is 3.55. The van der Waals surface area contributed by atoms with Gasteiger partial charge in [0.2, 0.25) is 0 Å². The number of fused-ring (bicyclic) bond motifs is 1. The molecule has 4 aromatic rings. The van der Waals surface area contributed by atoms with Gasteiger partial charge in [0.05, 0.1) is 19.9 Å². The van der Waals surface area contributed by atoms with Crippen molar-refractivity contribution in [2.45, 2.75) is 26.2 Å². The van der Waals surface area contributed by atoms with E-state index < -0.39 is 0 Å². The van der Waals surface area contributed by atoms with Gasteiger partial charge in [-0.05, 0) is 43.2 Å². The molecule has 2 aromatic heterocycles. The fourth-order valence-electron chi connectivity index (χ4n) is 3.63. The molecule has 0 bridgehead atoms. The number of Topliss-reactive ketones (excluding diaryl/α,β-unsaturated/α-hetero) is 1. The molecule has 158 valence electrons. The van der Waals surface area contributed by atoms with E-state index >= 15 is 0 Å². The van der Waals surface area contributed by atoms with Gasteiger partial charge in [0.25, 0.3) is 0 Å². The number of hydrogen-bond acceptors (Lipinski definition) is 6. The van der Waals surface area contributed by atoms with Crippen molar-refractivity contribution in [1.29, 1.82) is 0 Å². The van der Waals surface area contributed by atoms with E-state index in [-0.39, 0.29) is 5.78 Å². The summed E-state index contributed by atoms with van der Waals surface area (Å²) in [6, 6.07) is 13.5. The van der Waals surface area contributed by atoms with Crippen molar-refractivity contribution in [3.8, 4) is 22.8 Å². The molecule has 0 aliphatic rings. The Hall–Kier alpha value is -3.25. The summed E-state index contributed by atoms with van der Waals surface area (Å²) in [5.74, 6) is 1.99. The molecule has 0 unspecified atom stereocenters. The lowest BCUT2D eigenvalue weighted by Gasteiger charge is -2.09. The number of ketones is 1. The normalized spacial score (nSPS) is 10.9. The predicted octanol–water partition coefficient (Wildman–Crippen LogP) is 5.89. The summed E-state index contributed by atoms with van der Waals surface area (Å²) in [7, 11) is 3.14. The highest BCUT2D eigenvalue weighted by Gasteiger charge is 2.13. The van der Waals surface area contributed by atoms with Crippen molar-refractivity contribution >= 4 is 27.2 Å². The number of aromatic nitrogens is 2. The number of rotatable bonds is 8. The highest BCUT2D eigenvalue weighted by molar-refractivity contribution is 7.18. The summed E-state index contributed by atoms with van der Waals surface area (Å²) in [4.78, 5) is 21.8. The lowest BCUT2D eigenvalue weighted by Crippen LogP contribution is -2.03.